The Balaban J connectivity index is 2.04. The zero-order chi connectivity index (χ0) is 14.5. The summed E-state index contributed by atoms with van der Waals surface area (Å²) in [6.45, 7) is 8.10. The van der Waals surface area contributed by atoms with Crippen molar-refractivity contribution in [1.29, 1.82) is 0 Å². The van der Waals surface area contributed by atoms with Crippen molar-refractivity contribution in [2.45, 2.75) is 46.1 Å². The molecule has 1 aliphatic rings. The molecular formula is C15H24N4O. The second-order valence-electron chi connectivity index (χ2n) is 5.72. The first-order valence-corrected chi connectivity index (χ1v) is 7.48. The van der Waals surface area contributed by atoms with Crippen molar-refractivity contribution in [1.82, 2.24) is 14.9 Å². The Hall–Kier alpha value is -1.65. The van der Waals surface area contributed by atoms with E-state index in [-0.39, 0.29) is 5.91 Å². The summed E-state index contributed by atoms with van der Waals surface area (Å²) in [5.74, 6) is 1.46. The third-order valence-corrected chi connectivity index (χ3v) is 3.96. The van der Waals surface area contributed by atoms with Crippen LogP contribution in [0.25, 0.3) is 0 Å². The van der Waals surface area contributed by atoms with Crippen molar-refractivity contribution < 1.29 is 4.79 Å². The largest absolute Gasteiger partial charge is 0.368 e. The standard InChI is InChI=1S/C15H24N4O/c1-4-12(3)18-14-9-13(16-10-17-14)15(20)19-7-5-11(2)6-8-19/h9-12H,4-8H2,1-3H3,(H,16,17,18). The molecule has 0 aromatic carbocycles. The average molecular weight is 276 g/mol. The SMILES string of the molecule is CCC(C)Nc1cc(C(=O)N2CCC(C)CC2)ncn1. The topological polar surface area (TPSA) is 58.1 Å². The van der Waals surface area contributed by atoms with Crippen LogP contribution in [0.15, 0.2) is 12.4 Å². The molecule has 0 bridgehead atoms. The van der Waals surface area contributed by atoms with E-state index in [1.54, 1.807) is 6.07 Å². The summed E-state index contributed by atoms with van der Waals surface area (Å²) in [6, 6.07) is 2.09. The number of nitrogens with zero attached hydrogens (tertiary/aromatic N) is 3. The lowest BCUT2D eigenvalue weighted by molar-refractivity contribution is 0.0691. The minimum absolute atomic E-state index is 0.0199. The van der Waals surface area contributed by atoms with E-state index >= 15 is 0 Å². The fourth-order valence-corrected chi connectivity index (χ4v) is 2.28. The highest BCUT2D eigenvalue weighted by molar-refractivity contribution is 5.92. The van der Waals surface area contributed by atoms with Crippen molar-refractivity contribution >= 4 is 11.7 Å². The monoisotopic (exact) mass is 276 g/mol. The predicted octanol–water partition coefficient (Wildman–Crippen LogP) is 2.56. The van der Waals surface area contributed by atoms with E-state index in [1.807, 2.05) is 4.90 Å². The van der Waals surface area contributed by atoms with E-state index in [0.29, 0.717) is 17.7 Å². The zero-order valence-corrected chi connectivity index (χ0v) is 12.6. The van der Waals surface area contributed by atoms with Gasteiger partial charge in [0.05, 0.1) is 0 Å². The van der Waals surface area contributed by atoms with Gasteiger partial charge in [0, 0.05) is 25.2 Å². The van der Waals surface area contributed by atoms with Crippen molar-refractivity contribution in [3.8, 4) is 0 Å². The molecule has 1 amide bonds. The molecule has 20 heavy (non-hydrogen) atoms. The summed E-state index contributed by atoms with van der Waals surface area (Å²) in [7, 11) is 0. The van der Waals surface area contributed by atoms with Gasteiger partial charge >= 0.3 is 0 Å². The number of hydrogen-bond donors (Lipinski definition) is 1. The number of likely N-dealkylation sites (tertiary alicyclic amines) is 1. The normalized spacial score (nSPS) is 17.9. The molecule has 5 heteroatoms. The molecule has 2 rings (SSSR count). The first-order chi connectivity index (χ1) is 9.60. The van der Waals surface area contributed by atoms with Crippen LogP contribution in [0.4, 0.5) is 5.82 Å². The molecule has 1 fully saturated rings. The molecule has 1 atom stereocenters. The van der Waals surface area contributed by atoms with Gasteiger partial charge in [-0.3, -0.25) is 4.79 Å². The molecule has 2 heterocycles. The number of rotatable bonds is 4. The fraction of sp³-hybridized carbons (Fsp3) is 0.667. The maximum absolute atomic E-state index is 12.4. The first-order valence-electron chi connectivity index (χ1n) is 7.48. The van der Waals surface area contributed by atoms with Gasteiger partial charge in [0.15, 0.2) is 0 Å². The number of hydrogen-bond acceptors (Lipinski definition) is 4. The summed E-state index contributed by atoms with van der Waals surface area (Å²) in [5.41, 5.74) is 0.486. The lowest BCUT2D eigenvalue weighted by Crippen LogP contribution is -2.38. The fourth-order valence-electron chi connectivity index (χ4n) is 2.28. The number of amides is 1. The quantitative estimate of drug-likeness (QED) is 0.918. The summed E-state index contributed by atoms with van der Waals surface area (Å²) in [4.78, 5) is 22.6. The molecule has 1 aliphatic heterocycles. The van der Waals surface area contributed by atoms with Crippen LogP contribution in [0.5, 0.6) is 0 Å². The minimum Gasteiger partial charge on any atom is -0.368 e. The number of aromatic nitrogens is 2. The van der Waals surface area contributed by atoms with Crippen LogP contribution in [-0.4, -0.2) is 39.9 Å². The van der Waals surface area contributed by atoms with E-state index in [2.05, 4.69) is 36.1 Å². The summed E-state index contributed by atoms with van der Waals surface area (Å²) in [6.07, 6.45) is 4.63. The van der Waals surface area contributed by atoms with Crippen LogP contribution < -0.4 is 5.32 Å². The molecule has 1 N–H and O–H groups in total. The van der Waals surface area contributed by atoms with E-state index < -0.39 is 0 Å². The number of piperidine rings is 1. The Morgan fingerprint density at radius 1 is 1.45 bits per heavy atom. The lowest BCUT2D eigenvalue weighted by atomic mass is 9.99. The van der Waals surface area contributed by atoms with Crippen LogP contribution in [-0.2, 0) is 0 Å². The van der Waals surface area contributed by atoms with E-state index in [9.17, 15) is 4.79 Å². The maximum atomic E-state index is 12.4. The molecule has 1 aromatic rings. The smallest absolute Gasteiger partial charge is 0.272 e. The van der Waals surface area contributed by atoms with Crippen molar-refractivity contribution in [2.75, 3.05) is 18.4 Å². The van der Waals surface area contributed by atoms with Crippen molar-refractivity contribution in [3.05, 3.63) is 18.1 Å². The molecular weight excluding hydrogens is 252 g/mol. The number of carbonyl (C=O) groups excluding carboxylic acids is 1. The first kappa shape index (κ1) is 14.8. The van der Waals surface area contributed by atoms with E-state index in [0.717, 1.165) is 38.2 Å². The highest BCUT2D eigenvalue weighted by Crippen LogP contribution is 2.18. The van der Waals surface area contributed by atoms with E-state index in [1.165, 1.54) is 6.33 Å². The molecule has 0 aliphatic carbocycles. The highest BCUT2D eigenvalue weighted by atomic mass is 16.2. The summed E-state index contributed by atoms with van der Waals surface area (Å²) in [5, 5.41) is 3.27. The van der Waals surface area contributed by atoms with Gasteiger partial charge in [0.2, 0.25) is 0 Å². The lowest BCUT2D eigenvalue weighted by Gasteiger charge is -2.30. The predicted molar refractivity (Wildman–Crippen MR) is 79.7 cm³/mol. The van der Waals surface area contributed by atoms with Gasteiger partial charge in [-0.1, -0.05) is 13.8 Å². The summed E-state index contributed by atoms with van der Waals surface area (Å²) < 4.78 is 0. The molecule has 1 saturated heterocycles. The number of carbonyl (C=O) groups is 1. The van der Waals surface area contributed by atoms with Crippen molar-refractivity contribution in [3.63, 3.8) is 0 Å². The number of anilines is 1. The highest BCUT2D eigenvalue weighted by Gasteiger charge is 2.22. The third-order valence-electron chi connectivity index (χ3n) is 3.96. The van der Waals surface area contributed by atoms with Crippen LogP contribution in [0.1, 0.15) is 50.5 Å². The Kier molecular flexibility index (Phi) is 4.93. The van der Waals surface area contributed by atoms with Gasteiger partial charge in [0.25, 0.3) is 5.91 Å². The van der Waals surface area contributed by atoms with Gasteiger partial charge < -0.3 is 10.2 Å². The van der Waals surface area contributed by atoms with E-state index in [4.69, 9.17) is 0 Å². The van der Waals surface area contributed by atoms with Gasteiger partial charge in [-0.15, -0.1) is 0 Å². The molecule has 5 nitrogen and oxygen atoms in total. The zero-order valence-electron chi connectivity index (χ0n) is 12.6. The molecule has 0 spiro atoms. The van der Waals surface area contributed by atoms with Crippen LogP contribution in [0.3, 0.4) is 0 Å². The summed E-state index contributed by atoms with van der Waals surface area (Å²) >= 11 is 0. The third kappa shape index (κ3) is 3.68. The Morgan fingerprint density at radius 3 is 2.80 bits per heavy atom. The van der Waals surface area contributed by atoms with Crippen LogP contribution >= 0.6 is 0 Å². The van der Waals surface area contributed by atoms with Gasteiger partial charge in [0.1, 0.15) is 17.8 Å². The molecule has 1 aromatic heterocycles. The van der Waals surface area contributed by atoms with Crippen LogP contribution in [0, 0.1) is 5.92 Å². The number of nitrogens with one attached hydrogen (secondary N) is 1. The molecule has 0 saturated carbocycles. The molecule has 0 radical (unpaired) electrons. The Bertz CT molecular complexity index is 455. The Morgan fingerprint density at radius 2 is 2.15 bits per heavy atom. The van der Waals surface area contributed by atoms with Gasteiger partial charge in [-0.2, -0.15) is 0 Å². The average Bonchev–Trinajstić information content (AvgIpc) is 2.47. The minimum atomic E-state index is 0.0199. The second-order valence-corrected chi connectivity index (χ2v) is 5.72. The Labute approximate surface area is 120 Å². The maximum Gasteiger partial charge on any atom is 0.272 e. The van der Waals surface area contributed by atoms with Crippen molar-refractivity contribution in [2.24, 2.45) is 5.92 Å². The second kappa shape index (κ2) is 6.68. The molecule has 110 valence electrons. The van der Waals surface area contributed by atoms with Gasteiger partial charge in [-0.05, 0) is 32.1 Å². The molecule has 1 unspecified atom stereocenters. The van der Waals surface area contributed by atoms with Crippen LogP contribution in [0.2, 0.25) is 0 Å². The van der Waals surface area contributed by atoms with Gasteiger partial charge in [-0.25, -0.2) is 9.97 Å².